The molecule has 2 heterocycles. The van der Waals surface area contributed by atoms with E-state index in [4.69, 9.17) is 9.47 Å². The molecule has 7 heteroatoms. The Morgan fingerprint density at radius 1 is 1.20 bits per heavy atom. The zero-order valence-electron chi connectivity index (χ0n) is 10.7. The van der Waals surface area contributed by atoms with E-state index >= 15 is 0 Å². The highest BCUT2D eigenvalue weighted by atomic mass is 79.9. The molecule has 0 amide bonds. The van der Waals surface area contributed by atoms with E-state index < -0.39 is 0 Å². The van der Waals surface area contributed by atoms with Gasteiger partial charge in [-0.2, -0.15) is 0 Å². The second kappa shape index (κ2) is 6.13. The number of alkyl halides is 1. The number of halogens is 2. The Morgan fingerprint density at radius 3 is 2.70 bits per heavy atom. The maximum Gasteiger partial charge on any atom is 0.162 e. The molecule has 2 aromatic rings. The zero-order chi connectivity index (χ0) is 13.9. The molecule has 0 spiro atoms. The summed E-state index contributed by atoms with van der Waals surface area (Å²) in [6.07, 6.45) is 2.84. The number of hydrogen-bond donors (Lipinski definition) is 0. The van der Waals surface area contributed by atoms with Crippen molar-refractivity contribution in [1.82, 2.24) is 15.0 Å². The second-order valence-electron chi connectivity index (χ2n) is 4.43. The van der Waals surface area contributed by atoms with Crippen molar-refractivity contribution in [3.05, 3.63) is 34.1 Å². The number of hydrogen-bond acceptors (Lipinski definition) is 4. The summed E-state index contributed by atoms with van der Waals surface area (Å²) in [6, 6.07) is 3.94. The molecule has 20 heavy (non-hydrogen) atoms. The topological polar surface area (TPSA) is 49.2 Å². The van der Waals surface area contributed by atoms with E-state index in [1.807, 2.05) is 23.0 Å². The molecule has 0 radical (unpaired) electrons. The van der Waals surface area contributed by atoms with Gasteiger partial charge in [-0.25, -0.2) is 4.68 Å². The van der Waals surface area contributed by atoms with Crippen LogP contribution < -0.4 is 9.47 Å². The normalized spacial score (nSPS) is 13.5. The third-order valence-corrected chi connectivity index (χ3v) is 4.11. The maximum absolute atomic E-state index is 5.60. The van der Waals surface area contributed by atoms with Gasteiger partial charge in [0.1, 0.15) is 13.2 Å². The van der Waals surface area contributed by atoms with Gasteiger partial charge in [0.25, 0.3) is 0 Å². The van der Waals surface area contributed by atoms with Crippen LogP contribution in [0, 0.1) is 0 Å². The standard InChI is InChI=1S/C13H13Br2N3O2/c14-2-1-10-8-18(17-16-10)7-9-5-12-13(6-11(9)15)20-4-3-19-12/h5-6,8H,1-4,7H2. The van der Waals surface area contributed by atoms with E-state index in [2.05, 4.69) is 42.2 Å². The number of aryl methyl sites for hydroxylation is 1. The number of fused-ring (bicyclic) bond motifs is 1. The number of nitrogens with zero attached hydrogens (tertiary/aromatic N) is 3. The Hall–Kier alpha value is -1.08. The van der Waals surface area contributed by atoms with Gasteiger partial charge in [-0.15, -0.1) is 5.10 Å². The van der Waals surface area contributed by atoms with Crippen LogP contribution in [-0.4, -0.2) is 33.5 Å². The largest absolute Gasteiger partial charge is 0.486 e. The van der Waals surface area contributed by atoms with Gasteiger partial charge in [0.05, 0.1) is 12.2 Å². The smallest absolute Gasteiger partial charge is 0.162 e. The summed E-state index contributed by atoms with van der Waals surface area (Å²) in [4.78, 5) is 0. The first-order valence-electron chi connectivity index (χ1n) is 6.29. The Morgan fingerprint density at radius 2 is 1.95 bits per heavy atom. The van der Waals surface area contributed by atoms with Crippen molar-refractivity contribution in [2.24, 2.45) is 0 Å². The predicted octanol–water partition coefficient (Wildman–Crippen LogP) is 2.80. The Labute approximate surface area is 133 Å². The van der Waals surface area contributed by atoms with E-state index in [1.165, 1.54) is 0 Å². The molecule has 0 N–H and O–H groups in total. The molecule has 0 bridgehead atoms. The van der Waals surface area contributed by atoms with Crippen LogP contribution in [0.4, 0.5) is 0 Å². The lowest BCUT2D eigenvalue weighted by atomic mass is 10.2. The zero-order valence-corrected chi connectivity index (χ0v) is 13.9. The molecule has 5 nitrogen and oxygen atoms in total. The number of benzene rings is 1. The molecule has 0 saturated heterocycles. The highest BCUT2D eigenvalue weighted by molar-refractivity contribution is 9.10. The van der Waals surface area contributed by atoms with Crippen molar-refractivity contribution in [1.29, 1.82) is 0 Å². The molecular formula is C13H13Br2N3O2. The summed E-state index contributed by atoms with van der Waals surface area (Å²) in [6.45, 7) is 1.83. The van der Waals surface area contributed by atoms with E-state index in [0.29, 0.717) is 19.8 Å². The molecule has 3 rings (SSSR count). The summed E-state index contributed by atoms with van der Waals surface area (Å²) in [5.41, 5.74) is 2.07. The Bertz CT molecular complexity index is 616. The van der Waals surface area contributed by atoms with Gasteiger partial charge >= 0.3 is 0 Å². The molecular weight excluding hydrogens is 390 g/mol. The quantitative estimate of drug-likeness (QED) is 0.738. The second-order valence-corrected chi connectivity index (χ2v) is 6.08. The summed E-state index contributed by atoms with van der Waals surface area (Å²) < 4.78 is 14.0. The maximum atomic E-state index is 5.60. The van der Waals surface area contributed by atoms with Crippen LogP contribution in [-0.2, 0) is 13.0 Å². The lowest BCUT2D eigenvalue weighted by Gasteiger charge is -2.19. The molecule has 1 aromatic carbocycles. The monoisotopic (exact) mass is 401 g/mol. The number of ether oxygens (including phenoxy) is 2. The van der Waals surface area contributed by atoms with Crippen LogP contribution >= 0.6 is 31.9 Å². The molecule has 0 aliphatic carbocycles. The first-order valence-corrected chi connectivity index (χ1v) is 8.20. The van der Waals surface area contributed by atoms with Crippen molar-refractivity contribution in [2.75, 3.05) is 18.5 Å². The van der Waals surface area contributed by atoms with Crippen LogP contribution in [0.25, 0.3) is 0 Å². The van der Waals surface area contributed by atoms with E-state index in [9.17, 15) is 0 Å². The minimum Gasteiger partial charge on any atom is -0.486 e. The molecule has 1 aliphatic rings. The van der Waals surface area contributed by atoms with Crippen molar-refractivity contribution in [3.63, 3.8) is 0 Å². The number of rotatable bonds is 4. The minimum atomic E-state index is 0.590. The van der Waals surface area contributed by atoms with E-state index in [0.717, 1.165) is 39.0 Å². The fourth-order valence-corrected chi connectivity index (χ4v) is 2.88. The molecule has 1 aliphatic heterocycles. The first-order chi connectivity index (χ1) is 9.76. The van der Waals surface area contributed by atoms with Gasteiger partial charge in [-0.3, -0.25) is 0 Å². The summed E-state index contributed by atoms with van der Waals surface area (Å²) in [7, 11) is 0. The van der Waals surface area contributed by atoms with Gasteiger partial charge in [0.15, 0.2) is 11.5 Å². The van der Waals surface area contributed by atoms with Gasteiger partial charge in [0.2, 0.25) is 0 Å². The van der Waals surface area contributed by atoms with Crippen LogP contribution in [0.3, 0.4) is 0 Å². The third kappa shape index (κ3) is 2.98. The average Bonchev–Trinajstić information content (AvgIpc) is 2.87. The Balaban J connectivity index is 1.82. The lowest BCUT2D eigenvalue weighted by molar-refractivity contribution is 0.171. The molecule has 0 fully saturated rings. The van der Waals surface area contributed by atoms with Crippen LogP contribution in [0.1, 0.15) is 11.3 Å². The molecule has 0 saturated carbocycles. The van der Waals surface area contributed by atoms with Crippen molar-refractivity contribution >= 4 is 31.9 Å². The fourth-order valence-electron chi connectivity index (χ4n) is 2.03. The van der Waals surface area contributed by atoms with Crippen LogP contribution in [0.2, 0.25) is 0 Å². The van der Waals surface area contributed by atoms with Crippen LogP contribution in [0.15, 0.2) is 22.8 Å². The minimum absolute atomic E-state index is 0.590. The SMILES string of the molecule is BrCCc1cn(Cc2cc3c(cc2Br)OCCO3)nn1. The molecule has 106 valence electrons. The third-order valence-electron chi connectivity index (χ3n) is 2.98. The van der Waals surface area contributed by atoms with Gasteiger partial charge in [-0.05, 0) is 17.7 Å². The summed E-state index contributed by atoms with van der Waals surface area (Å²) >= 11 is 6.97. The number of aromatic nitrogens is 3. The van der Waals surface area contributed by atoms with E-state index in [1.54, 1.807) is 0 Å². The average molecular weight is 403 g/mol. The predicted molar refractivity (Wildman–Crippen MR) is 81.8 cm³/mol. The lowest BCUT2D eigenvalue weighted by Crippen LogP contribution is -2.16. The van der Waals surface area contributed by atoms with Crippen molar-refractivity contribution in [2.45, 2.75) is 13.0 Å². The van der Waals surface area contributed by atoms with Gasteiger partial charge in [-0.1, -0.05) is 37.1 Å². The highest BCUT2D eigenvalue weighted by Gasteiger charge is 2.15. The fraction of sp³-hybridized carbons (Fsp3) is 0.385. The van der Waals surface area contributed by atoms with Crippen LogP contribution in [0.5, 0.6) is 11.5 Å². The first kappa shape index (κ1) is 13.9. The van der Waals surface area contributed by atoms with Gasteiger partial charge < -0.3 is 9.47 Å². The van der Waals surface area contributed by atoms with Crippen molar-refractivity contribution < 1.29 is 9.47 Å². The van der Waals surface area contributed by atoms with Crippen molar-refractivity contribution in [3.8, 4) is 11.5 Å². The molecule has 0 atom stereocenters. The van der Waals surface area contributed by atoms with Gasteiger partial charge in [0, 0.05) is 22.4 Å². The molecule has 1 aromatic heterocycles. The van der Waals surface area contributed by atoms with E-state index in [-0.39, 0.29) is 0 Å². The Kier molecular flexibility index (Phi) is 4.26. The molecule has 0 unspecified atom stereocenters. The highest BCUT2D eigenvalue weighted by Crippen LogP contribution is 2.35. The summed E-state index contributed by atoms with van der Waals surface area (Å²) in [5, 5.41) is 9.16. The summed E-state index contributed by atoms with van der Waals surface area (Å²) in [5.74, 6) is 1.57.